The summed E-state index contributed by atoms with van der Waals surface area (Å²) < 4.78 is 5.98. The molecule has 3 nitrogen and oxygen atoms in total. The Morgan fingerprint density at radius 3 is 2.07 bits per heavy atom. The Balaban J connectivity index is 0.00000300. The van der Waals surface area contributed by atoms with Crippen molar-refractivity contribution < 1.29 is 9.84 Å². The van der Waals surface area contributed by atoms with Gasteiger partial charge >= 0.3 is 0 Å². The smallest absolute Gasteiger partial charge is 0.120 e. The first-order valence-corrected chi connectivity index (χ1v) is 9.73. The number of benzene rings is 3. The number of hydrogen-bond acceptors (Lipinski definition) is 3. The predicted molar refractivity (Wildman–Crippen MR) is 122 cm³/mol. The molecule has 1 unspecified atom stereocenters. The summed E-state index contributed by atoms with van der Waals surface area (Å²) in [4.78, 5) is 2.10. The van der Waals surface area contributed by atoms with Crippen LogP contribution in [0, 0.1) is 0 Å². The van der Waals surface area contributed by atoms with Crippen molar-refractivity contribution in [3.05, 3.63) is 102 Å². The summed E-state index contributed by atoms with van der Waals surface area (Å²) in [6.07, 6.45) is 1.22. The maximum absolute atomic E-state index is 11.6. The number of rotatable bonds is 9. The minimum Gasteiger partial charge on any atom is -0.489 e. The molecule has 0 saturated heterocycles. The number of halogens is 1. The van der Waals surface area contributed by atoms with E-state index in [2.05, 4.69) is 17.0 Å². The van der Waals surface area contributed by atoms with Crippen LogP contribution >= 0.6 is 12.4 Å². The molecule has 3 rings (SSSR count). The zero-order chi connectivity index (χ0) is 19.8. The molecule has 0 amide bonds. The Morgan fingerprint density at radius 2 is 1.45 bits per heavy atom. The van der Waals surface area contributed by atoms with Crippen LogP contribution in [0.4, 0.5) is 0 Å². The summed E-state index contributed by atoms with van der Waals surface area (Å²) in [7, 11) is 4.06. The molecule has 29 heavy (non-hydrogen) atoms. The van der Waals surface area contributed by atoms with Crippen LogP contribution in [0.5, 0.6) is 5.75 Å². The number of ether oxygens (including phenoxy) is 1. The fraction of sp³-hybridized carbons (Fsp3) is 0.280. The molecule has 3 aromatic rings. The molecule has 0 heterocycles. The van der Waals surface area contributed by atoms with Crippen molar-refractivity contribution in [2.75, 3.05) is 20.6 Å². The van der Waals surface area contributed by atoms with Crippen LogP contribution in [0.1, 0.15) is 23.1 Å². The van der Waals surface area contributed by atoms with Crippen molar-refractivity contribution in [1.29, 1.82) is 0 Å². The van der Waals surface area contributed by atoms with Crippen LogP contribution in [-0.4, -0.2) is 30.6 Å². The first-order valence-electron chi connectivity index (χ1n) is 9.73. The fourth-order valence-electron chi connectivity index (χ4n) is 3.29. The van der Waals surface area contributed by atoms with Gasteiger partial charge in [0.15, 0.2) is 0 Å². The highest BCUT2D eigenvalue weighted by atomic mass is 35.5. The zero-order valence-electron chi connectivity index (χ0n) is 17.1. The lowest BCUT2D eigenvalue weighted by Gasteiger charge is -2.30. The van der Waals surface area contributed by atoms with Crippen LogP contribution in [0.25, 0.3) is 0 Å². The van der Waals surface area contributed by atoms with E-state index in [4.69, 9.17) is 4.74 Å². The lowest BCUT2D eigenvalue weighted by atomic mass is 9.84. The van der Waals surface area contributed by atoms with E-state index in [-0.39, 0.29) is 12.4 Å². The topological polar surface area (TPSA) is 32.7 Å². The Labute approximate surface area is 180 Å². The van der Waals surface area contributed by atoms with Crippen molar-refractivity contribution >= 4 is 12.4 Å². The summed E-state index contributed by atoms with van der Waals surface area (Å²) in [6.45, 7) is 1.32. The molecule has 0 radical (unpaired) electrons. The molecular weight excluding hydrogens is 382 g/mol. The SMILES string of the molecule is CN(C)CCC(O)(Cc1ccccc1)c1cccc(OCc2ccccc2)c1.Cl. The van der Waals surface area contributed by atoms with E-state index < -0.39 is 5.60 Å². The van der Waals surface area contributed by atoms with Gasteiger partial charge in [-0.15, -0.1) is 12.4 Å². The summed E-state index contributed by atoms with van der Waals surface area (Å²) >= 11 is 0. The molecule has 0 aromatic heterocycles. The van der Waals surface area contributed by atoms with Crippen molar-refractivity contribution in [1.82, 2.24) is 4.90 Å². The van der Waals surface area contributed by atoms with E-state index in [0.29, 0.717) is 19.4 Å². The van der Waals surface area contributed by atoms with Gasteiger partial charge in [-0.05, 0) is 49.3 Å². The van der Waals surface area contributed by atoms with Gasteiger partial charge in [0.25, 0.3) is 0 Å². The second kappa shape index (κ2) is 11.0. The highest BCUT2D eigenvalue weighted by Gasteiger charge is 2.30. The van der Waals surface area contributed by atoms with Crippen LogP contribution < -0.4 is 4.74 Å². The van der Waals surface area contributed by atoms with E-state index in [0.717, 1.165) is 29.0 Å². The first kappa shape index (κ1) is 23.0. The summed E-state index contributed by atoms with van der Waals surface area (Å²) in [5.41, 5.74) is 2.20. The first-order chi connectivity index (χ1) is 13.5. The molecule has 0 fully saturated rings. The zero-order valence-corrected chi connectivity index (χ0v) is 17.9. The molecular formula is C25H30ClNO2. The lowest BCUT2D eigenvalue weighted by Crippen LogP contribution is -2.33. The van der Waals surface area contributed by atoms with Gasteiger partial charge in [-0.3, -0.25) is 0 Å². The van der Waals surface area contributed by atoms with Crippen molar-refractivity contribution in [3.8, 4) is 5.75 Å². The third-order valence-electron chi connectivity index (χ3n) is 4.93. The molecule has 0 spiro atoms. The van der Waals surface area contributed by atoms with Crippen LogP contribution in [0.2, 0.25) is 0 Å². The third kappa shape index (κ3) is 6.90. The van der Waals surface area contributed by atoms with Gasteiger partial charge in [0.1, 0.15) is 12.4 Å². The van der Waals surface area contributed by atoms with Crippen molar-refractivity contribution in [2.24, 2.45) is 0 Å². The average molecular weight is 412 g/mol. The Hall–Kier alpha value is -2.33. The number of aliphatic hydroxyl groups is 1. The summed E-state index contributed by atoms with van der Waals surface area (Å²) in [5.74, 6) is 0.776. The molecule has 0 bridgehead atoms. The van der Waals surface area contributed by atoms with Gasteiger partial charge in [-0.2, -0.15) is 0 Å². The van der Waals surface area contributed by atoms with E-state index in [1.165, 1.54) is 0 Å². The molecule has 0 aliphatic heterocycles. The Kier molecular flexibility index (Phi) is 8.71. The molecule has 1 N–H and O–H groups in total. The van der Waals surface area contributed by atoms with Gasteiger partial charge in [-0.25, -0.2) is 0 Å². The second-order valence-corrected chi connectivity index (χ2v) is 7.55. The minimum atomic E-state index is -0.947. The highest BCUT2D eigenvalue weighted by molar-refractivity contribution is 5.85. The largest absolute Gasteiger partial charge is 0.489 e. The molecule has 4 heteroatoms. The van der Waals surface area contributed by atoms with E-state index in [1.807, 2.05) is 86.9 Å². The van der Waals surface area contributed by atoms with E-state index in [9.17, 15) is 5.11 Å². The van der Waals surface area contributed by atoms with Gasteiger partial charge in [0.2, 0.25) is 0 Å². The van der Waals surface area contributed by atoms with E-state index >= 15 is 0 Å². The van der Waals surface area contributed by atoms with Gasteiger partial charge < -0.3 is 14.7 Å². The van der Waals surface area contributed by atoms with E-state index in [1.54, 1.807) is 0 Å². The van der Waals surface area contributed by atoms with Crippen LogP contribution in [0.15, 0.2) is 84.9 Å². The molecule has 1 atom stereocenters. The molecule has 0 saturated carbocycles. The Morgan fingerprint density at radius 1 is 0.828 bits per heavy atom. The maximum atomic E-state index is 11.6. The minimum absolute atomic E-state index is 0. The summed E-state index contributed by atoms with van der Waals surface area (Å²) in [6, 6.07) is 28.1. The number of hydrogen-bond donors (Lipinski definition) is 1. The molecule has 0 aliphatic rings. The van der Waals surface area contributed by atoms with Crippen molar-refractivity contribution in [2.45, 2.75) is 25.0 Å². The highest BCUT2D eigenvalue weighted by Crippen LogP contribution is 2.32. The fourth-order valence-corrected chi connectivity index (χ4v) is 3.29. The second-order valence-electron chi connectivity index (χ2n) is 7.55. The number of nitrogens with zero attached hydrogens (tertiary/aromatic N) is 1. The van der Waals surface area contributed by atoms with Gasteiger partial charge in [0.05, 0.1) is 5.60 Å². The van der Waals surface area contributed by atoms with Crippen LogP contribution in [0.3, 0.4) is 0 Å². The predicted octanol–water partition coefficient (Wildman–Crippen LogP) is 5.07. The summed E-state index contributed by atoms with van der Waals surface area (Å²) in [5, 5.41) is 11.6. The van der Waals surface area contributed by atoms with Gasteiger partial charge in [0, 0.05) is 13.0 Å². The average Bonchev–Trinajstić information content (AvgIpc) is 2.72. The molecule has 154 valence electrons. The Bertz CT molecular complexity index is 855. The normalized spacial score (nSPS) is 12.8. The van der Waals surface area contributed by atoms with Crippen molar-refractivity contribution in [3.63, 3.8) is 0 Å². The van der Waals surface area contributed by atoms with Crippen LogP contribution in [-0.2, 0) is 18.6 Å². The molecule has 0 aliphatic carbocycles. The maximum Gasteiger partial charge on any atom is 0.120 e. The lowest BCUT2D eigenvalue weighted by molar-refractivity contribution is 0.0210. The molecule has 3 aromatic carbocycles. The van der Waals surface area contributed by atoms with Gasteiger partial charge in [-0.1, -0.05) is 72.8 Å². The third-order valence-corrected chi connectivity index (χ3v) is 4.93. The monoisotopic (exact) mass is 411 g/mol. The standard InChI is InChI=1S/C25H29NO2.ClH/c1-26(2)17-16-25(27,19-21-10-5-3-6-11-21)23-14-9-15-24(18-23)28-20-22-12-7-4-8-13-22;/h3-15,18,27H,16-17,19-20H2,1-2H3;1H. The quantitative estimate of drug-likeness (QED) is 0.533.